The quantitative estimate of drug-likeness (QED) is 0.542. The van der Waals surface area contributed by atoms with Crippen molar-refractivity contribution in [3.05, 3.63) is 104 Å². The molecule has 0 bridgehead atoms. The van der Waals surface area contributed by atoms with E-state index in [1.165, 1.54) is 12.2 Å². The van der Waals surface area contributed by atoms with Crippen molar-refractivity contribution in [2.45, 2.75) is 0 Å². The Morgan fingerprint density at radius 1 is 0.957 bits per heavy atom. The van der Waals surface area contributed by atoms with Gasteiger partial charge in [-0.1, -0.05) is 79.9 Å². The Morgan fingerprint density at radius 2 is 1.70 bits per heavy atom. The lowest BCUT2D eigenvalue weighted by Crippen LogP contribution is -1.92. The first-order chi connectivity index (χ1) is 13.0. The zero-order chi connectivity index (χ0) is 19.6. The van der Waals surface area contributed by atoms with Crippen LogP contribution in [0.2, 0.25) is 0 Å². The van der Waals surface area contributed by atoms with E-state index in [9.17, 15) is 0 Å². The second-order valence-corrected chi connectivity index (χ2v) is 4.96. The summed E-state index contributed by atoms with van der Waals surface area (Å²) in [5, 5.41) is 5.07. The number of anilines is 2. The first-order valence-corrected chi connectivity index (χ1v) is 7.30. The molecular weight excluding hydrogens is 278 g/mol. The Morgan fingerprint density at radius 3 is 2.43 bits per heavy atom. The van der Waals surface area contributed by atoms with Gasteiger partial charge in [0.2, 0.25) is 0 Å². The van der Waals surface area contributed by atoms with E-state index >= 15 is 0 Å². The van der Waals surface area contributed by atoms with Crippen molar-refractivity contribution < 1.29 is 5.48 Å². The van der Waals surface area contributed by atoms with Gasteiger partial charge in [0.1, 0.15) is 0 Å². The van der Waals surface area contributed by atoms with Crippen LogP contribution in [0.3, 0.4) is 0 Å². The van der Waals surface area contributed by atoms with Gasteiger partial charge < -0.3 is 5.32 Å². The molecule has 0 aliphatic rings. The van der Waals surface area contributed by atoms with Gasteiger partial charge >= 0.3 is 0 Å². The third-order valence-corrected chi connectivity index (χ3v) is 3.48. The number of hydrogen-bond acceptors (Lipinski definition) is 1. The minimum Gasteiger partial charge on any atom is -0.355 e. The fraction of sp³-hybridized carbons (Fsp3) is 0. The van der Waals surface area contributed by atoms with Gasteiger partial charge in [0.25, 0.3) is 0 Å². The second kappa shape index (κ2) is 6.80. The molecule has 0 spiro atoms. The predicted molar refractivity (Wildman–Crippen MR) is 102 cm³/mol. The van der Waals surface area contributed by atoms with Gasteiger partial charge in [-0.25, -0.2) is 0 Å². The number of fused-ring (bicyclic) bond motifs is 1. The highest BCUT2D eigenvalue weighted by molar-refractivity contribution is 5.95. The monoisotopic (exact) mass is 301 g/mol. The molecule has 1 heteroatoms. The smallest absolute Gasteiger partial charge is 0.0645 e. The topological polar surface area (TPSA) is 12.0 Å². The summed E-state index contributed by atoms with van der Waals surface area (Å²) in [4.78, 5) is 0. The molecule has 23 heavy (non-hydrogen) atoms. The highest BCUT2D eigenvalue weighted by atomic mass is 14.9. The van der Waals surface area contributed by atoms with Crippen molar-refractivity contribution in [1.82, 2.24) is 0 Å². The van der Waals surface area contributed by atoms with Gasteiger partial charge in [0.05, 0.1) is 5.48 Å². The maximum Gasteiger partial charge on any atom is 0.0645 e. The van der Waals surface area contributed by atoms with E-state index in [1.807, 2.05) is 42.5 Å². The van der Waals surface area contributed by atoms with Crippen molar-refractivity contribution in [2.75, 3.05) is 5.32 Å². The Hall–Kier alpha value is -3.06. The maximum absolute atomic E-state index is 8.39. The molecule has 3 aromatic rings. The minimum atomic E-state index is -0.129. The summed E-state index contributed by atoms with van der Waals surface area (Å²) < 4.78 is 33.5. The van der Waals surface area contributed by atoms with E-state index in [1.54, 1.807) is 6.08 Å². The molecule has 1 nitrogen and oxygen atoms in total. The maximum atomic E-state index is 8.39. The fourth-order valence-corrected chi connectivity index (χ4v) is 2.37. The summed E-state index contributed by atoms with van der Waals surface area (Å²) in [6.07, 6.45) is 4.66. The van der Waals surface area contributed by atoms with Crippen LogP contribution in [0.1, 0.15) is 11.0 Å². The van der Waals surface area contributed by atoms with Crippen LogP contribution >= 0.6 is 0 Å². The molecule has 0 aliphatic heterocycles. The summed E-state index contributed by atoms with van der Waals surface area (Å²) in [5.41, 5.74) is 1.58. The fourth-order valence-electron chi connectivity index (χ4n) is 2.37. The molecule has 0 saturated heterocycles. The van der Waals surface area contributed by atoms with Crippen molar-refractivity contribution in [2.24, 2.45) is 0 Å². The highest BCUT2D eigenvalue weighted by Gasteiger charge is 2.02. The average molecular weight is 301 g/mol. The van der Waals surface area contributed by atoms with Gasteiger partial charge in [-0.2, -0.15) is 0 Å². The van der Waals surface area contributed by atoms with Crippen LogP contribution in [0.5, 0.6) is 0 Å². The Balaban J connectivity index is 2.19. The van der Waals surface area contributed by atoms with Gasteiger partial charge in [0, 0.05) is 16.8 Å². The second-order valence-electron chi connectivity index (χ2n) is 4.96. The summed E-state index contributed by atoms with van der Waals surface area (Å²) in [7, 11) is 0. The van der Waals surface area contributed by atoms with Crippen LogP contribution < -0.4 is 5.32 Å². The Bertz CT molecular complexity index is 1050. The largest absolute Gasteiger partial charge is 0.355 e. The minimum absolute atomic E-state index is 0.119. The van der Waals surface area contributed by atoms with Crippen LogP contribution in [0.15, 0.2) is 98.0 Å². The van der Waals surface area contributed by atoms with Crippen LogP contribution in [-0.2, 0) is 0 Å². The summed E-state index contributed by atoms with van der Waals surface area (Å²) in [6, 6.07) is 13.0. The number of allylic oxidation sites excluding steroid dienone is 4. The zero-order valence-electron chi connectivity index (χ0n) is 16.7. The summed E-state index contributed by atoms with van der Waals surface area (Å²) in [5.74, 6) is 0. The first kappa shape index (κ1) is 10.6. The number of nitrogens with one attached hydrogen (secondary N) is 1. The molecule has 0 aromatic heterocycles. The van der Waals surface area contributed by atoms with E-state index in [-0.39, 0.29) is 35.4 Å². The van der Waals surface area contributed by atoms with Crippen molar-refractivity contribution >= 4 is 27.7 Å². The Labute approximate surface area is 142 Å². The zero-order valence-corrected chi connectivity index (χ0v) is 12.7. The lowest BCUT2D eigenvalue weighted by atomic mass is 10.0. The number of rotatable bonds is 5. The molecule has 0 unspecified atom stereocenters. The summed E-state index contributed by atoms with van der Waals surface area (Å²) in [6.45, 7) is 7.33. The normalized spacial score (nSPS) is 13.7. The molecular formula is C22H19N. The molecule has 0 radical (unpaired) electrons. The molecule has 0 fully saturated rings. The highest BCUT2D eigenvalue weighted by Crippen LogP contribution is 2.27. The number of benzene rings is 3. The predicted octanol–water partition coefficient (Wildman–Crippen LogP) is 6.34. The first-order valence-electron chi connectivity index (χ1n) is 9.30. The van der Waals surface area contributed by atoms with Gasteiger partial charge in [0.15, 0.2) is 0 Å². The van der Waals surface area contributed by atoms with E-state index in [0.29, 0.717) is 5.57 Å². The van der Waals surface area contributed by atoms with Gasteiger partial charge in [-0.3, -0.25) is 0 Å². The van der Waals surface area contributed by atoms with Crippen molar-refractivity contribution in [3.8, 4) is 0 Å². The molecule has 3 rings (SSSR count). The Kier molecular flexibility index (Phi) is 3.14. The third kappa shape index (κ3) is 3.24. The van der Waals surface area contributed by atoms with E-state index < -0.39 is 0 Å². The summed E-state index contributed by atoms with van der Waals surface area (Å²) >= 11 is 0. The van der Waals surface area contributed by atoms with E-state index in [2.05, 4.69) is 18.5 Å². The lowest BCUT2D eigenvalue weighted by molar-refractivity contribution is 1.55. The van der Waals surface area contributed by atoms with E-state index in [0.717, 1.165) is 16.5 Å². The molecule has 1 N–H and O–H groups in total. The molecule has 112 valence electrons. The van der Waals surface area contributed by atoms with Crippen LogP contribution in [0.4, 0.5) is 11.4 Å². The standard InChI is InChI=1S/C22H19N/c1-3-8-17(4-2)18-13-15-20(16-14-18)23-22-12-7-10-19-9-5-6-11-21(19)22/h3-16,23H,1-2H2/b17-8+/i13D,14D,15D,16D. The molecule has 0 heterocycles. The van der Waals surface area contributed by atoms with E-state index in [4.69, 9.17) is 5.48 Å². The molecule has 0 saturated carbocycles. The van der Waals surface area contributed by atoms with Crippen molar-refractivity contribution in [1.29, 1.82) is 0 Å². The van der Waals surface area contributed by atoms with Gasteiger partial charge in [-0.05, 0) is 34.7 Å². The molecule has 3 aromatic carbocycles. The van der Waals surface area contributed by atoms with Gasteiger partial charge in [-0.15, -0.1) is 0 Å². The van der Waals surface area contributed by atoms with Crippen molar-refractivity contribution in [3.63, 3.8) is 0 Å². The molecule has 0 atom stereocenters. The van der Waals surface area contributed by atoms with Crippen LogP contribution in [0.25, 0.3) is 16.3 Å². The molecule has 0 aliphatic carbocycles. The lowest BCUT2D eigenvalue weighted by Gasteiger charge is -2.11. The SMILES string of the molecule is [2H]c1c([2H])c(/C(C=C)=C/C=C)c([2H])c([2H])c1Nc1cccc2ccccc12. The number of hydrogen-bond donors (Lipinski definition) is 1. The molecule has 0 amide bonds. The average Bonchev–Trinajstić information content (AvgIpc) is 2.69. The van der Waals surface area contributed by atoms with Crippen LogP contribution in [-0.4, -0.2) is 0 Å². The van der Waals surface area contributed by atoms with Crippen LogP contribution in [0, 0.1) is 0 Å². The third-order valence-electron chi connectivity index (χ3n) is 3.48.